The topological polar surface area (TPSA) is 72.6 Å². The van der Waals surface area contributed by atoms with Crippen LogP contribution in [0.5, 0.6) is 5.75 Å². The lowest BCUT2D eigenvalue weighted by molar-refractivity contribution is 0.356. The molecule has 1 aliphatic rings. The third-order valence-corrected chi connectivity index (χ3v) is 5.95. The molecular formula is C18H22N2O3S. The average Bonchev–Trinajstić information content (AvgIpc) is 3.07. The molecule has 5 nitrogen and oxygen atoms in total. The van der Waals surface area contributed by atoms with E-state index in [4.69, 9.17) is 10.5 Å². The Balaban J connectivity index is 1.89. The summed E-state index contributed by atoms with van der Waals surface area (Å²) in [7, 11) is -3.57. The van der Waals surface area contributed by atoms with Crippen LogP contribution in [0.15, 0.2) is 53.4 Å². The summed E-state index contributed by atoms with van der Waals surface area (Å²) >= 11 is 0. The number of nitrogens with zero attached hydrogens (tertiary/aromatic N) is 1. The number of rotatable bonds is 7. The van der Waals surface area contributed by atoms with Gasteiger partial charge in [-0.1, -0.05) is 30.3 Å². The van der Waals surface area contributed by atoms with E-state index < -0.39 is 10.0 Å². The Hall–Kier alpha value is -1.89. The molecule has 0 bridgehead atoms. The summed E-state index contributed by atoms with van der Waals surface area (Å²) in [5, 5.41) is 0. The van der Waals surface area contributed by atoms with E-state index in [2.05, 4.69) is 0 Å². The first-order valence-electron chi connectivity index (χ1n) is 8.11. The predicted molar refractivity (Wildman–Crippen MR) is 93.4 cm³/mol. The molecule has 0 fully saturated rings. The highest BCUT2D eigenvalue weighted by molar-refractivity contribution is 7.89. The Kier molecular flexibility index (Phi) is 5.18. The molecule has 0 unspecified atom stereocenters. The van der Waals surface area contributed by atoms with Crippen molar-refractivity contribution in [3.05, 3.63) is 59.7 Å². The van der Waals surface area contributed by atoms with Gasteiger partial charge in [-0.2, -0.15) is 4.31 Å². The standard InChI is InChI=1S/C18H22N2O3S/c19-10-4-11-20(14-15-5-2-1-3-6-15)24(21,22)17-7-8-18-16(13-17)9-12-23-18/h1-3,5-8,13H,4,9-12,14,19H2. The van der Waals surface area contributed by atoms with Crippen LogP contribution < -0.4 is 10.5 Å². The van der Waals surface area contributed by atoms with Crippen LogP contribution in [0.1, 0.15) is 17.5 Å². The number of fused-ring (bicyclic) bond motifs is 1. The molecule has 0 aliphatic carbocycles. The number of benzene rings is 2. The second-order valence-electron chi connectivity index (χ2n) is 5.83. The zero-order chi connectivity index (χ0) is 17.0. The van der Waals surface area contributed by atoms with Crippen molar-refractivity contribution in [1.29, 1.82) is 0 Å². The van der Waals surface area contributed by atoms with Gasteiger partial charge in [0.05, 0.1) is 11.5 Å². The SMILES string of the molecule is NCCCN(Cc1ccccc1)S(=O)(=O)c1ccc2c(c1)CCO2. The smallest absolute Gasteiger partial charge is 0.243 e. The lowest BCUT2D eigenvalue weighted by Crippen LogP contribution is -2.32. The Morgan fingerprint density at radius 3 is 2.67 bits per heavy atom. The molecule has 0 saturated carbocycles. The van der Waals surface area contributed by atoms with Gasteiger partial charge in [-0.05, 0) is 42.3 Å². The molecular weight excluding hydrogens is 324 g/mol. The van der Waals surface area contributed by atoms with E-state index >= 15 is 0 Å². The summed E-state index contributed by atoms with van der Waals surface area (Å²) in [4.78, 5) is 0.319. The zero-order valence-corrected chi connectivity index (χ0v) is 14.3. The fourth-order valence-corrected chi connectivity index (χ4v) is 4.33. The summed E-state index contributed by atoms with van der Waals surface area (Å²) in [6.45, 7) is 1.82. The number of hydrogen-bond donors (Lipinski definition) is 1. The first-order valence-corrected chi connectivity index (χ1v) is 9.55. The van der Waals surface area contributed by atoms with Crippen molar-refractivity contribution < 1.29 is 13.2 Å². The van der Waals surface area contributed by atoms with Crippen LogP contribution in [0.25, 0.3) is 0 Å². The van der Waals surface area contributed by atoms with E-state index in [1.165, 1.54) is 4.31 Å². The van der Waals surface area contributed by atoms with Gasteiger partial charge in [0, 0.05) is 19.5 Å². The number of hydrogen-bond acceptors (Lipinski definition) is 4. The van der Waals surface area contributed by atoms with Crippen molar-refractivity contribution in [1.82, 2.24) is 4.31 Å². The van der Waals surface area contributed by atoms with E-state index in [0.29, 0.717) is 37.6 Å². The molecule has 2 aromatic rings. The van der Waals surface area contributed by atoms with Gasteiger partial charge in [0.15, 0.2) is 0 Å². The summed E-state index contributed by atoms with van der Waals surface area (Å²) in [5.41, 5.74) is 7.50. The minimum atomic E-state index is -3.57. The monoisotopic (exact) mass is 346 g/mol. The van der Waals surface area contributed by atoms with Gasteiger partial charge in [-0.15, -0.1) is 0 Å². The molecule has 1 aliphatic heterocycles. The minimum absolute atomic E-state index is 0.319. The van der Waals surface area contributed by atoms with E-state index in [1.54, 1.807) is 18.2 Å². The molecule has 128 valence electrons. The third-order valence-electron chi connectivity index (χ3n) is 4.11. The highest BCUT2D eigenvalue weighted by Crippen LogP contribution is 2.29. The average molecular weight is 346 g/mol. The maximum absolute atomic E-state index is 13.1. The minimum Gasteiger partial charge on any atom is -0.493 e. The van der Waals surface area contributed by atoms with Gasteiger partial charge in [-0.25, -0.2) is 8.42 Å². The molecule has 0 spiro atoms. The molecule has 24 heavy (non-hydrogen) atoms. The van der Waals surface area contributed by atoms with E-state index in [0.717, 1.165) is 23.3 Å². The second kappa shape index (κ2) is 7.34. The Morgan fingerprint density at radius 1 is 1.12 bits per heavy atom. The Bertz CT molecular complexity index is 791. The third kappa shape index (κ3) is 3.61. The summed E-state index contributed by atoms with van der Waals surface area (Å²) < 4.78 is 33.1. The quantitative estimate of drug-likeness (QED) is 0.834. The zero-order valence-electron chi connectivity index (χ0n) is 13.5. The Morgan fingerprint density at radius 2 is 1.92 bits per heavy atom. The van der Waals surface area contributed by atoms with Gasteiger partial charge in [0.2, 0.25) is 10.0 Å². The van der Waals surface area contributed by atoms with Crippen molar-refractivity contribution in [3.63, 3.8) is 0 Å². The maximum atomic E-state index is 13.1. The van der Waals surface area contributed by atoms with Gasteiger partial charge >= 0.3 is 0 Å². The van der Waals surface area contributed by atoms with Gasteiger partial charge in [0.25, 0.3) is 0 Å². The normalized spacial score (nSPS) is 13.8. The second-order valence-corrected chi connectivity index (χ2v) is 7.77. The highest BCUT2D eigenvalue weighted by Gasteiger charge is 2.26. The first kappa shape index (κ1) is 17.0. The largest absolute Gasteiger partial charge is 0.493 e. The summed E-state index contributed by atoms with van der Waals surface area (Å²) in [5.74, 6) is 0.783. The van der Waals surface area contributed by atoms with Crippen LogP contribution in [0.4, 0.5) is 0 Å². The fraction of sp³-hybridized carbons (Fsp3) is 0.333. The number of sulfonamides is 1. The lowest BCUT2D eigenvalue weighted by atomic mass is 10.2. The van der Waals surface area contributed by atoms with Crippen LogP contribution in [0.2, 0.25) is 0 Å². The summed E-state index contributed by atoms with van der Waals surface area (Å²) in [6, 6.07) is 14.7. The molecule has 6 heteroatoms. The van der Waals surface area contributed by atoms with Gasteiger partial charge in [0.1, 0.15) is 5.75 Å². The van der Waals surface area contributed by atoms with Crippen LogP contribution in [-0.2, 0) is 23.0 Å². The number of nitrogens with two attached hydrogens (primary N) is 1. The fourth-order valence-electron chi connectivity index (χ4n) is 2.81. The Labute approximate surface area is 143 Å². The molecule has 1 heterocycles. The van der Waals surface area contributed by atoms with Crippen LogP contribution >= 0.6 is 0 Å². The number of ether oxygens (including phenoxy) is 1. The maximum Gasteiger partial charge on any atom is 0.243 e. The lowest BCUT2D eigenvalue weighted by Gasteiger charge is -2.22. The highest BCUT2D eigenvalue weighted by atomic mass is 32.2. The predicted octanol–water partition coefficient (Wildman–Crippen LogP) is 2.16. The molecule has 0 aromatic heterocycles. The molecule has 0 saturated heterocycles. The van der Waals surface area contributed by atoms with Crippen LogP contribution in [-0.4, -0.2) is 32.4 Å². The molecule has 0 amide bonds. The van der Waals surface area contributed by atoms with Crippen LogP contribution in [0.3, 0.4) is 0 Å². The van der Waals surface area contributed by atoms with Crippen LogP contribution in [0, 0.1) is 0 Å². The van der Waals surface area contributed by atoms with E-state index in [1.807, 2.05) is 30.3 Å². The molecule has 3 rings (SSSR count). The van der Waals surface area contributed by atoms with Crippen molar-refractivity contribution >= 4 is 10.0 Å². The molecule has 2 aromatic carbocycles. The van der Waals surface area contributed by atoms with Crippen molar-refractivity contribution in [2.75, 3.05) is 19.7 Å². The van der Waals surface area contributed by atoms with E-state index in [-0.39, 0.29) is 0 Å². The summed E-state index contributed by atoms with van der Waals surface area (Å²) in [6.07, 6.45) is 1.38. The van der Waals surface area contributed by atoms with Crippen molar-refractivity contribution in [2.45, 2.75) is 24.3 Å². The van der Waals surface area contributed by atoms with Gasteiger partial charge in [-0.3, -0.25) is 0 Å². The molecule has 0 atom stereocenters. The van der Waals surface area contributed by atoms with Crippen molar-refractivity contribution in [2.24, 2.45) is 5.73 Å². The van der Waals surface area contributed by atoms with Gasteiger partial charge < -0.3 is 10.5 Å². The van der Waals surface area contributed by atoms with Crippen molar-refractivity contribution in [3.8, 4) is 5.75 Å². The van der Waals surface area contributed by atoms with E-state index in [9.17, 15) is 8.42 Å². The molecule has 2 N–H and O–H groups in total. The first-order chi connectivity index (χ1) is 11.6. The molecule has 0 radical (unpaired) electrons.